The standard InChI is InChI=1S/C17H17BrN2O3/c18-12-5-2-6-13-14(12)11(7-19-13)16(21)20-8-9-3-1-4-10(9)15(20)17(22)23/h2,5-7,9-10,15,19H,1,3-4,8H2,(H,22,23). The summed E-state index contributed by atoms with van der Waals surface area (Å²) in [7, 11) is 0. The van der Waals surface area contributed by atoms with Gasteiger partial charge in [0, 0.05) is 28.1 Å². The number of carbonyl (C=O) groups excluding carboxylic acids is 1. The predicted octanol–water partition coefficient (Wildman–Crippen LogP) is 3.26. The molecule has 0 spiro atoms. The lowest BCUT2D eigenvalue weighted by atomic mass is 9.94. The van der Waals surface area contributed by atoms with Crippen molar-refractivity contribution >= 4 is 38.7 Å². The summed E-state index contributed by atoms with van der Waals surface area (Å²) < 4.78 is 0.839. The van der Waals surface area contributed by atoms with Gasteiger partial charge in [-0.15, -0.1) is 0 Å². The fourth-order valence-corrected chi connectivity index (χ4v) is 4.87. The number of rotatable bonds is 2. The molecule has 2 aliphatic rings. The van der Waals surface area contributed by atoms with E-state index in [0.29, 0.717) is 18.0 Å². The average molecular weight is 377 g/mol. The quantitative estimate of drug-likeness (QED) is 0.844. The zero-order valence-corrected chi connectivity index (χ0v) is 14.0. The summed E-state index contributed by atoms with van der Waals surface area (Å²) in [5.74, 6) is -0.643. The molecule has 6 heteroatoms. The molecular weight excluding hydrogens is 360 g/mol. The van der Waals surface area contributed by atoms with Crippen molar-refractivity contribution < 1.29 is 14.7 Å². The van der Waals surface area contributed by atoms with Crippen LogP contribution in [-0.4, -0.2) is 39.5 Å². The molecule has 3 unspecified atom stereocenters. The summed E-state index contributed by atoms with van der Waals surface area (Å²) >= 11 is 3.49. The number of halogens is 1. The molecule has 2 fully saturated rings. The Morgan fingerprint density at radius 1 is 1.30 bits per heavy atom. The minimum absolute atomic E-state index is 0.102. The van der Waals surface area contributed by atoms with Crippen LogP contribution in [-0.2, 0) is 4.79 Å². The van der Waals surface area contributed by atoms with Crippen LogP contribution >= 0.6 is 15.9 Å². The lowest BCUT2D eigenvalue weighted by Crippen LogP contribution is -2.43. The van der Waals surface area contributed by atoms with Crippen LogP contribution in [0.3, 0.4) is 0 Å². The van der Waals surface area contributed by atoms with Crippen molar-refractivity contribution in [3.05, 3.63) is 34.4 Å². The molecule has 1 aromatic carbocycles. The number of benzene rings is 1. The number of carboxylic acids is 1. The summed E-state index contributed by atoms with van der Waals surface area (Å²) in [6.45, 7) is 0.553. The Bertz CT molecular complexity index is 800. The van der Waals surface area contributed by atoms with E-state index < -0.39 is 12.0 Å². The lowest BCUT2D eigenvalue weighted by Gasteiger charge is -2.24. The summed E-state index contributed by atoms with van der Waals surface area (Å²) in [6.07, 6.45) is 4.68. The number of nitrogens with one attached hydrogen (secondary N) is 1. The number of aromatic amines is 1. The number of carboxylic acid groups (broad SMARTS) is 1. The lowest BCUT2D eigenvalue weighted by molar-refractivity contribution is -0.142. The second-order valence-corrected chi connectivity index (χ2v) is 7.31. The van der Waals surface area contributed by atoms with Gasteiger partial charge >= 0.3 is 5.97 Å². The number of aromatic nitrogens is 1. The zero-order valence-electron chi connectivity index (χ0n) is 12.5. The van der Waals surface area contributed by atoms with Crippen molar-refractivity contribution in [2.24, 2.45) is 11.8 Å². The minimum Gasteiger partial charge on any atom is -0.480 e. The minimum atomic E-state index is -0.883. The maximum atomic E-state index is 13.0. The molecule has 1 aromatic heterocycles. The smallest absolute Gasteiger partial charge is 0.326 e. The topological polar surface area (TPSA) is 73.4 Å². The number of carbonyl (C=O) groups is 2. The zero-order chi connectivity index (χ0) is 16.1. The molecule has 5 nitrogen and oxygen atoms in total. The van der Waals surface area contributed by atoms with Crippen LogP contribution in [0.15, 0.2) is 28.9 Å². The van der Waals surface area contributed by atoms with Gasteiger partial charge in [0.2, 0.25) is 0 Å². The first-order valence-electron chi connectivity index (χ1n) is 7.87. The first-order chi connectivity index (χ1) is 11.1. The highest BCUT2D eigenvalue weighted by Crippen LogP contribution is 2.43. The molecule has 0 radical (unpaired) electrons. The normalized spacial score (nSPS) is 26.7. The Hall–Kier alpha value is -1.82. The first-order valence-corrected chi connectivity index (χ1v) is 8.66. The highest BCUT2D eigenvalue weighted by atomic mass is 79.9. The molecule has 4 rings (SSSR count). The molecule has 3 atom stereocenters. The molecule has 1 aliphatic heterocycles. The van der Waals surface area contributed by atoms with Gasteiger partial charge in [-0.05, 0) is 36.8 Å². The van der Waals surface area contributed by atoms with Gasteiger partial charge in [-0.25, -0.2) is 4.79 Å². The number of nitrogens with zero attached hydrogens (tertiary/aromatic N) is 1. The maximum absolute atomic E-state index is 13.0. The molecule has 1 amide bonds. The Morgan fingerprint density at radius 2 is 2.13 bits per heavy atom. The van der Waals surface area contributed by atoms with E-state index in [2.05, 4.69) is 20.9 Å². The molecule has 120 valence electrons. The van der Waals surface area contributed by atoms with Crippen molar-refractivity contribution in [3.63, 3.8) is 0 Å². The van der Waals surface area contributed by atoms with Crippen molar-refractivity contribution in [1.82, 2.24) is 9.88 Å². The predicted molar refractivity (Wildman–Crippen MR) is 89.3 cm³/mol. The van der Waals surface area contributed by atoms with Gasteiger partial charge in [0.25, 0.3) is 5.91 Å². The number of fused-ring (bicyclic) bond motifs is 2. The van der Waals surface area contributed by atoms with Gasteiger partial charge < -0.3 is 15.0 Å². The van der Waals surface area contributed by atoms with Crippen molar-refractivity contribution in [2.45, 2.75) is 25.3 Å². The van der Waals surface area contributed by atoms with E-state index in [-0.39, 0.29) is 11.8 Å². The van der Waals surface area contributed by atoms with Crippen LogP contribution < -0.4 is 0 Å². The van der Waals surface area contributed by atoms with Crippen LogP contribution in [0, 0.1) is 11.8 Å². The van der Waals surface area contributed by atoms with Gasteiger partial charge in [-0.2, -0.15) is 0 Å². The summed E-state index contributed by atoms with van der Waals surface area (Å²) in [5, 5.41) is 10.5. The summed E-state index contributed by atoms with van der Waals surface area (Å²) in [6, 6.07) is 5.00. The molecule has 1 saturated heterocycles. The monoisotopic (exact) mass is 376 g/mol. The van der Waals surface area contributed by atoms with Crippen LogP contribution in [0.1, 0.15) is 29.6 Å². The second kappa shape index (κ2) is 5.37. The molecular formula is C17H17BrN2O3. The fourth-order valence-electron chi connectivity index (χ4n) is 4.29. The van der Waals surface area contributed by atoms with Crippen LogP contribution in [0.25, 0.3) is 10.9 Å². The van der Waals surface area contributed by atoms with E-state index in [1.807, 2.05) is 18.2 Å². The van der Waals surface area contributed by atoms with Crippen LogP contribution in [0.5, 0.6) is 0 Å². The Balaban J connectivity index is 1.74. The SMILES string of the molecule is O=C(O)C1C2CCCC2CN1C(=O)c1c[nH]c2cccc(Br)c12. The van der Waals surface area contributed by atoms with Crippen molar-refractivity contribution in [1.29, 1.82) is 0 Å². The van der Waals surface area contributed by atoms with Crippen molar-refractivity contribution in [2.75, 3.05) is 6.54 Å². The van der Waals surface area contributed by atoms with Crippen LogP contribution in [0.4, 0.5) is 0 Å². The number of likely N-dealkylation sites (tertiary alicyclic amines) is 1. The van der Waals surface area contributed by atoms with E-state index in [4.69, 9.17) is 0 Å². The van der Waals surface area contributed by atoms with E-state index in [1.165, 1.54) is 0 Å². The largest absolute Gasteiger partial charge is 0.480 e. The Kier molecular flexibility index (Phi) is 3.44. The van der Waals surface area contributed by atoms with Gasteiger partial charge in [-0.1, -0.05) is 28.4 Å². The average Bonchev–Trinajstić information content (AvgIpc) is 3.19. The Labute approximate surface area is 141 Å². The fraction of sp³-hybridized carbons (Fsp3) is 0.412. The van der Waals surface area contributed by atoms with Gasteiger partial charge in [0.1, 0.15) is 6.04 Å². The maximum Gasteiger partial charge on any atom is 0.326 e. The second-order valence-electron chi connectivity index (χ2n) is 6.46. The molecule has 1 saturated carbocycles. The first kappa shape index (κ1) is 14.8. The van der Waals surface area contributed by atoms with Crippen LogP contribution in [0.2, 0.25) is 0 Å². The Morgan fingerprint density at radius 3 is 2.91 bits per heavy atom. The molecule has 1 aliphatic carbocycles. The molecule has 2 aromatic rings. The van der Waals surface area contributed by atoms with Gasteiger partial charge in [0.15, 0.2) is 0 Å². The highest BCUT2D eigenvalue weighted by molar-refractivity contribution is 9.10. The van der Waals surface area contributed by atoms with E-state index >= 15 is 0 Å². The molecule has 23 heavy (non-hydrogen) atoms. The van der Waals surface area contributed by atoms with Crippen molar-refractivity contribution in [3.8, 4) is 0 Å². The number of hydrogen-bond donors (Lipinski definition) is 2. The number of hydrogen-bond acceptors (Lipinski definition) is 2. The van der Waals surface area contributed by atoms with Gasteiger partial charge in [-0.3, -0.25) is 4.79 Å². The third-order valence-electron chi connectivity index (χ3n) is 5.29. The number of aliphatic carboxylic acids is 1. The highest BCUT2D eigenvalue weighted by Gasteiger charge is 2.49. The van der Waals surface area contributed by atoms with E-state index in [9.17, 15) is 14.7 Å². The van der Waals surface area contributed by atoms with E-state index in [1.54, 1.807) is 11.1 Å². The number of H-pyrrole nitrogens is 1. The number of amides is 1. The van der Waals surface area contributed by atoms with E-state index in [0.717, 1.165) is 34.6 Å². The third-order valence-corrected chi connectivity index (χ3v) is 5.95. The molecule has 2 heterocycles. The molecule has 2 N–H and O–H groups in total. The summed E-state index contributed by atoms with van der Waals surface area (Å²) in [4.78, 5) is 29.5. The molecule has 0 bridgehead atoms. The van der Waals surface area contributed by atoms with Gasteiger partial charge in [0.05, 0.1) is 5.56 Å². The third kappa shape index (κ3) is 2.19. The summed E-state index contributed by atoms with van der Waals surface area (Å²) in [5.41, 5.74) is 1.41.